The standard InChI is InChI=1S/C31H32FN5O4/c1-19-13-25(29(40-4)17-27(19)41-21-10-6-5-7-11-21)35-30-22-15-26(28(39-3)16-24(22)33-18-34-30)36-31(38)23(32)14-20-9-8-12-37(20)2/h5-7,10-11,13-18,20H,8-9,12H2,1-4H3,(H,36,38)(H,33,34,35)/b23-14+. The van der Waals surface area contributed by atoms with Crippen molar-refractivity contribution in [2.24, 2.45) is 0 Å². The Balaban J connectivity index is 1.45. The minimum atomic E-state index is -0.847. The summed E-state index contributed by atoms with van der Waals surface area (Å²) in [5.41, 5.74) is 2.39. The number of nitrogens with one attached hydrogen (secondary N) is 2. The van der Waals surface area contributed by atoms with Crippen molar-refractivity contribution in [3.05, 3.63) is 78.4 Å². The Hall–Kier alpha value is -4.70. The molecule has 10 heteroatoms. The smallest absolute Gasteiger partial charge is 0.284 e. The number of carbonyl (C=O) groups excluding carboxylic acids is 1. The molecule has 2 heterocycles. The van der Waals surface area contributed by atoms with E-state index in [0.717, 1.165) is 24.9 Å². The molecule has 1 aliphatic heterocycles. The Morgan fingerprint density at radius 2 is 1.78 bits per heavy atom. The largest absolute Gasteiger partial charge is 0.494 e. The number of carbonyl (C=O) groups is 1. The molecule has 0 aliphatic carbocycles. The zero-order valence-corrected chi connectivity index (χ0v) is 23.4. The van der Waals surface area contributed by atoms with E-state index in [1.807, 2.05) is 55.3 Å². The molecule has 1 atom stereocenters. The maximum Gasteiger partial charge on any atom is 0.284 e. The number of fused-ring (bicyclic) bond motifs is 1. The molecule has 2 N–H and O–H groups in total. The first-order valence-electron chi connectivity index (χ1n) is 13.3. The van der Waals surface area contributed by atoms with Crippen molar-refractivity contribution >= 4 is 34.0 Å². The van der Waals surface area contributed by atoms with Crippen molar-refractivity contribution in [3.63, 3.8) is 0 Å². The lowest BCUT2D eigenvalue weighted by Crippen LogP contribution is -2.24. The van der Waals surface area contributed by atoms with Crippen molar-refractivity contribution in [3.8, 4) is 23.0 Å². The number of ether oxygens (including phenoxy) is 3. The van der Waals surface area contributed by atoms with Gasteiger partial charge in [-0.3, -0.25) is 9.69 Å². The fourth-order valence-corrected chi connectivity index (χ4v) is 4.81. The number of hydrogen-bond donors (Lipinski definition) is 2. The van der Waals surface area contributed by atoms with E-state index >= 15 is 0 Å². The summed E-state index contributed by atoms with van der Waals surface area (Å²) in [6, 6.07) is 16.4. The van der Waals surface area contributed by atoms with Crippen molar-refractivity contribution in [1.29, 1.82) is 0 Å². The number of para-hydroxylation sites is 1. The molecule has 1 saturated heterocycles. The van der Waals surface area contributed by atoms with Crippen LogP contribution in [0.1, 0.15) is 18.4 Å². The summed E-state index contributed by atoms with van der Waals surface area (Å²) in [5.74, 6) is 1.03. The van der Waals surface area contributed by atoms with Crippen LogP contribution in [0.15, 0.2) is 72.8 Å². The first kappa shape index (κ1) is 27.9. The van der Waals surface area contributed by atoms with Gasteiger partial charge in [-0.25, -0.2) is 14.4 Å². The number of likely N-dealkylation sites (N-methyl/N-ethyl adjacent to an activating group) is 1. The number of halogens is 1. The average molecular weight is 558 g/mol. The Labute approximate surface area is 238 Å². The minimum Gasteiger partial charge on any atom is -0.494 e. The van der Waals surface area contributed by atoms with Gasteiger partial charge < -0.3 is 24.8 Å². The maximum absolute atomic E-state index is 14.8. The fraction of sp³-hybridized carbons (Fsp3) is 0.258. The molecular formula is C31H32FN5O4. The number of likely N-dealkylation sites (tertiary alicyclic amines) is 1. The van der Waals surface area contributed by atoms with Gasteiger partial charge in [-0.15, -0.1) is 0 Å². The quantitative estimate of drug-likeness (QED) is 0.229. The highest BCUT2D eigenvalue weighted by atomic mass is 19.1. The number of nitrogens with zero attached hydrogens (tertiary/aromatic N) is 3. The van der Waals surface area contributed by atoms with Crippen LogP contribution in [0.3, 0.4) is 0 Å². The minimum absolute atomic E-state index is 0.105. The number of hydrogen-bond acceptors (Lipinski definition) is 8. The van der Waals surface area contributed by atoms with Gasteiger partial charge in [0.2, 0.25) is 0 Å². The Morgan fingerprint density at radius 3 is 2.49 bits per heavy atom. The van der Waals surface area contributed by atoms with Gasteiger partial charge in [0, 0.05) is 23.6 Å². The zero-order chi connectivity index (χ0) is 28.9. The second kappa shape index (κ2) is 12.2. The second-order valence-electron chi connectivity index (χ2n) is 9.81. The molecule has 0 radical (unpaired) electrons. The second-order valence-corrected chi connectivity index (χ2v) is 9.81. The number of anilines is 3. The molecule has 3 aromatic carbocycles. The molecule has 0 spiro atoms. The molecule has 9 nitrogen and oxygen atoms in total. The molecule has 5 rings (SSSR count). The Bertz CT molecular complexity index is 1590. The van der Waals surface area contributed by atoms with Crippen LogP contribution in [0.2, 0.25) is 0 Å². The van der Waals surface area contributed by atoms with Crippen molar-refractivity contribution in [2.75, 3.05) is 38.4 Å². The summed E-state index contributed by atoms with van der Waals surface area (Å²) in [6.45, 7) is 2.81. The highest BCUT2D eigenvalue weighted by Crippen LogP contribution is 2.38. The van der Waals surface area contributed by atoms with Gasteiger partial charge in [0.15, 0.2) is 5.83 Å². The van der Waals surface area contributed by atoms with Gasteiger partial charge in [-0.2, -0.15) is 0 Å². The van der Waals surface area contributed by atoms with Crippen LogP contribution in [0.25, 0.3) is 10.9 Å². The maximum atomic E-state index is 14.8. The number of methoxy groups -OCH3 is 2. The van der Waals surface area contributed by atoms with Gasteiger partial charge in [0.25, 0.3) is 5.91 Å². The number of benzene rings is 3. The van der Waals surface area contributed by atoms with Crippen LogP contribution in [-0.2, 0) is 4.79 Å². The van der Waals surface area contributed by atoms with Gasteiger partial charge in [-0.1, -0.05) is 18.2 Å². The summed E-state index contributed by atoms with van der Waals surface area (Å²) in [4.78, 5) is 23.6. The topological polar surface area (TPSA) is 97.8 Å². The highest BCUT2D eigenvalue weighted by molar-refractivity contribution is 6.05. The molecule has 0 saturated carbocycles. The van der Waals surface area contributed by atoms with Crippen LogP contribution in [0.4, 0.5) is 21.6 Å². The monoisotopic (exact) mass is 557 g/mol. The highest BCUT2D eigenvalue weighted by Gasteiger charge is 2.22. The SMILES string of the molecule is COc1cc2ncnc(Nc3cc(C)c(Oc4ccccc4)cc3OC)c2cc1NC(=O)/C(F)=C\C1CCCN1C. The lowest BCUT2D eigenvalue weighted by molar-refractivity contribution is -0.114. The van der Waals surface area contributed by atoms with Gasteiger partial charge in [-0.05, 0) is 69.3 Å². The first-order valence-corrected chi connectivity index (χ1v) is 13.3. The third kappa shape index (κ3) is 6.22. The molecule has 1 amide bonds. The molecule has 41 heavy (non-hydrogen) atoms. The van der Waals surface area contributed by atoms with Crippen LogP contribution in [0, 0.1) is 6.92 Å². The third-order valence-electron chi connectivity index (χ3n) is 7.06. The lowest BCUT2D eigenvalue weighted by atomic mass is 10.1. The summed E-state index contributed by atoms with van der Waals surface area (Å²) >= 11 is 0. The molecule has 1 aromatic heterocycles. The van der Waals surface area contributed by atoms with Crippen molar-refractivity contribution in [2.45, 2.75) is 25.8 Å². The van der Waals surface area contributed by atoms with E-state index in [4.69, 9.17) is 14.2 Å². The lowest BCUT2D eigenvalue weighted by Gasteiger charge is -2.17. The Morgan fingerprint density at radius 1 is 1.02 bits per heavy atom. The normalized spacial score (nSPS) is 15.5. The molecule has 4 aromatic rings. The van der Waals surface area contributed by atoms with E-state index in [1.165, 1.54) is 19.5 Å². The third-order valence-corrected chi connectivity index (χ3v) is 7.06. The molecule has 0 bridgehead atoms. The predicted molar refractivity (Wildman–Crippen MR) is 157 cm³/mol. The van der Waals surface area contributed by atoms with E-state index in [0.29, 0.717) is 51.1 Å². The van der Waals surface area contributed by atoms with Crippen molar-refractivity contribution < 1.29 is 23.4 Å². The molecule has 1 aliphatic rings. The summed E-state index contributed by atoms with van der Waals surface area (Å²) in [7, 11) is 4.97. The van der Waals surface area contributed by atoms with E-state index < -0.39 is 11.7 Å². The van der Waals surface area contributed by atoms with Crippen LogP contribution < -0.4 is 24.8 Å². The first-order chi connectivity index (χ1) is 19.9. The van der Waals surface area contributed by atoms with E-state index in [1.54, 1.807) is 25.3 Å². The molecule has 1 unspecified atom stereocenters. The Kier molecular flexibility index (Phi) is 8.30. The van der Waals surface area contributed by atoms with E-state index in [2.05, 4.69) is 20.6 Å². The van der Waals surface area contributed by atoms with Crippen LogP contribution in [0.5, 0.6) is 23.0 Å². The number of aryl methyl sites for hydroxylation is 1. The summed E-state index contributed by atoms with van der Waals surface area (Å²) in [5, 5.41) is 6.55. The van der Waals surface area contributed by atoms with Crippen LogP contribution in [-0.4, -0.2) is 54.6 Å². The van der Waals surface area contributed by atoms with E-state index in [-0.39, 0.29) is 6.04 Å². The van der Waals surface area contributed by atoms with Crippen molar-refractivity contribution in [1.82, 2.24) is 14.9 Å². The average Bonchev–Trinajstić information content (AvgIpc) is 3.38. The van der Waals surface area contributed by atoms with Gasteiger partial charge in [0.05, 0.1) is 31.1 Å². The molecule has 212 valence electrons. The summed E-state index contributed by atoms with van der Waals surface area (Å²) < 4.78 is 32.0. The molecule has 1 fully saturated rings. The van der Waals surface area contributed by atoms with E-state index in [9.17, 15) is 9.18 Å². The van der Waals surface area contributed by atoms with Gasteiger partial charge >= 0.3 is 0 Å². The zero-order valence-electron chi connectivity index (χ0n) is 23.4. The number of rotatable bonds is 9. The summed E-state index contributed by atoms with van der Waals surface area (Å²) in [6.07, 6.45) is 4.57. The predicted octanol–water partition coefficient (Wildman–Crippen LogP) is 6.38. The number of amides is 1. The van der Waals surface area contributed by atoms with Gasteiger partial charge in [0.1, 0.15) is 35.1 Å². The number of aromatic nitrogens is 2. The molecular weight excluding hydrogens is 525 g/mol. The van der Waals surface area contributed by atoms with Crippen LogP contribution >= 0.6 is 0 Å². The fourth-order valence-electron chi connectivity index (χ4n) is 4.81.